The van der Waals surface area contributed by atoms with Crippen molar-refractivity contribution >= 4 is 18.0 Å². The Labute approximate surface area is 199 Å². The van der Waals surface area contributed by atoms with Crippen LogP contribution in [0.2, 0.25) is 0 Å². The minimum Gasteiger partial charge on any atom is -0.480 e. The van der Waals surface area contributed by atoms with E-state index in [1.807, 2.05) is 31.2 Å². The van der Waals surface area contributed by atoms with Crippen LogP contribution in [0.1, 0.15) is 62.5 Å². The second-order valence-electron chi connectivity index (χ2n) is 9.21. The lowest BCUT2D eigenvalue weighted by Gasteiger charge is -2.29. The number of hydrogen-bond donors (Lipinski definition) is 3. The number of fused-ring (bicyclic) bond motifs is 3. The predicted octanol–water partition coefficient (Wildman–Crippen LogP) is 4.45. The van der Waals surface area contributed by atoms with Crippen molar-refractivity contribution in [1.29, 1.82) is 0 Å². The number of carbonyl (C=O) groups excluding carboxylic acids is 2. The number of amides is 2. The predicted molar refractivity (Wildman–Crippen MR) is 128 cm³/mol. The number of carboxylic acid groups (broad SMARTS) is 1. The van der Waals surface area contributed by atoms with Gasteiger partial charge in [0.05, 0.1) is 0 Å². The molecule has 0 aromatic heterocycles. The lowest BCUT2D eigenvalue weighted by Crippen LogP contribution is -2.46. The molecule has 0 saturated heterocycles. The van der Waals surface area contributed by atoms with Gasteiger partial charge in [-0.1, -0.05) is 61.9 Å². The Morgan fingerprint density at radius 1 is 0.971 bits per heavy atom. The van der Waals surface area contributed by atoms with E-state index in [4.69, 9.17) is 4.74 Å². The van der Waals surface area contributed by atoms with E-state index < -0.39 is 18.1 Å². The van der Waals surface area contributed by atoms with Crippen molar-refractivity contribution in [2.24, 2.45) is 5.92 Å². The van der Waals surface area contributed by atoms with E-state index >= 15 is 0 Å². The fourth-order valence-electron chi connectivity index (χ4n) is 5.14. The Hall–Kier alpha value is -3.35. The summed E-state index contributed by atoms with van der Waals surface area (Å²) in [4.78, 5) is 36.3. The van der Waals surface area contributed by atoms with Gasteiger partial charge in [0, 0.05) is 17.9 Å². The minimum atomic E-state index is -0.999. The number of nitrogens with one attached hydrogen (secondary N) is 2. The van der Waals surface area contributed by atoms with Crippen molar-refractivity contribution in [2.75, 3.05) is 6.61 Å². The topological polar surface area (TPSA) is 105 Å². The molecule has 4 rings (SSSR count). The van der Waals surface area contributed by atoms with Gasteiger partial charge in [-0.05, 0) is 54.4 Å². The van der Waals surface area contributed by atoms with E-state index in [-0.39, 0.29) is 30.4 Å². The Morgan fingerprint density at radius 2 is 1.56 bits per heavy atom. The molecule has 0 aliphatic heterocycles. The summed E-state index contributed by atoms with van der Waals surface area (Å²) < 4.78 is 5.63. The number of alkyl carbamates (subject to hydrolysis) is 1. The van der Waals surface area contributed by atoms with Crippen molar-refractivity contribution in [1.82, 2.24) is 10.6 Å². The molecular formula is C27H32N2O5. The average Bonchev–Trinajstić information content (AvgIpc) is 3.16. The summed E-state index contributed by atoms with van der Waals surface area (Å²) in [5.41, 5.74) is 4.72. The van der Waals surface area contributed by atoms with Crippen LogP contribution in [0, 0.1) is 5.92 Å². The molecule has 0 heterocycles. The van der Waals surface area contributed by atoms with E-state index in [1.165, 1.54) is 22.3 Å². The monoisotopic (exact) mass is 464 g/mol. The first-order valence-electron chi connectivity index (χ1n) is 12.1. The van der Waals surface area contributed by atoms with E-state index in [0.29, 0.717) is 38.5 Å². The van der Waals surface area contributed by atoms with E-state index in [0.717, 1.165) is 0 Å². The van der Waals surface area contributed by atoms with Crippen LogP contribution in [-0.2, 0) is 14.3 Å². The summed E-state index contributed by atoms with van der Waals surface area (Å²) in [5.74, 6) is -1.41. The second-order valence-corrected chi connectivity index (χ2v) is 9.21. The Balaban J connectivity index is 1.25. The quantitative estimate of drug-likeness (QED) is 0.535. The summed E-state index contributed by atoms with van der Waals surface area (Å²) in [6.07, 6.45) is 3.20. The number of carbonyl (C=O) groups is 3. The molecule has 1 saturated carbocycles. The van der Waals surface area contributed by atoms with Gasteiger partial charge in [0.1, 0.15) is 12.6 Å². The molecule has 34 heavy (non-hydrogen) atoms. The number of benzene rings is 2. The molecule has 0 unspecified atom stereocenters. The zero-order valence-corrected chi connectivity index (χ0v) is 19.5. The van der Waals surface area contributed by atoms with Crippen LogP contribution in [0.3, 0.4) is 0 Å². The van der Waals surface area contributed by atoms with E-state index in [2.05, 4.69) is 34.9 Å². The first-order chi connectivity index (χ1) is 16.5. The SMILES string of the molecule is CCC[C@@H](NC(=O)C1CCC(NC(=O)OCC2c3ccccc3-c3ccccc32)CC1)C(=O)O. The van der Waals surface area contributed by atoms with Crippen LogP contribution >= 0.6 is 0 Å². The lowest BCUT2D eigenvalue weighted by molar-refractivity contribution is -0.142. The number of hydrogen-bond acceptors (Lipinski definition) is 4. The van der Waals surface area contributed by atoms with Crippen molar-refractivity contribution in [3.63, 3.8) is 0 Å². The molecule has 1 atom stereocenters. The summed E-state index contributed by atoms with van der Waals surface area (Å²) >= 11 is 0. The Bertz CT molecular complexity index is 999. The molecule has 1 fully saturated rings. The first-order valence-corrected chi connectivity index (χ1v) is 12.1. The highest BCUT2D eigenvalue weighted by Gasteiger charge is 2.31. The van der Waals surface area contributed by atoms with E-state index in [9.17, 15) is 19.5 Å². The minimum absolute atomic E-state index is 0.0166. The maximum absolute atomic E-state index is 12.5. The lowest BCUT2D eigenvalue weighted by atomic mass is 9.85. The van der Waals surface area contributed by atoms with Crippen LogP contribution in [0.5, 0.6) is 0 Å². The molecule has 2 amide bonds. The molecule has 0 bridgehead atoms. The molecule has 2 aliphatic rings. The first kappa shape index (κ1) is 23.8. The zero-order chi connectivity index (χ0) is 24.1. The Kier molecular flexibility index (Phi) is 7.50. The van der Waals surface area contributed by atoms with E-state index in [1.54, 1.807) is 0 Å². The number of ether oxygens (including phenoxy) is 1. The summed E-state index contributed by atoms with van der Waals surface area (Å²) in [6.45, 7) is 2.16. The normalized spacial score (nSPS) is 20.0. The summed E-state index contributed by atoms with van der Waals surface area (Å²) in [6, 6.07) is 15.5. The zero-order valence-electron chi connectivity index (χ0n) is 19.5. The fraction of sp³-hybridized carbons (Fsp3) is 0.444. The van der Waals surface area contributed by atoms with Gasteiger partial charge in [-0.3, -0.25) is 4.79 Å². The third-order valence-electron chi connectivity index (χ3n) is 6.96. The Morgan fingerprint density at radius 3 is 2.12 bits per heavy atom. The second kappa shape index (κ2) is 10.7. The smallest absolute Gasteiger partial charge is 0.407 e. The molecule has 0 spiro atoms. The van der Waals surface area contributed by atoms with Crippen molar-refractivity contribution in [3.8, 4) is 11.1 Å². The van der Waals surface area contributed by atoms with Gasteiger partial charge in [0.2, 0.25) is 5.91 Å². The standard InChI is InChI=1S/C27H32N2O5/c1-2-7-24(26(31)32)29-25(30)17-12-14-18(15-13-17)28-27(33)34-16-23-21-10-5-3-8-19(21)20-9-4-6-11-22(20)23/h3-6,8-11,17-18,23-24H,2,7,12-16H2,1H3,(H,28,33)(H,29,30)(H,31,32)/t17?,18?,24-/m1/s1. The molecule has 2 aromatic carbocycles. The molecule has 0 radical (unpaired) electrons. The largest absolute Gasteiger partial charge is 0.480 e. The highest BCUT2D eigenvalue weighted by Crippen LogP contribution is 2.44. The van der Waals surface area contributed by atoms with Crippen LogP contribution in [0.4, 0.5) is 4.79 Å². The van der Waals surface area contributed by atoms with Gasteiger partial charge in [0.15, 0.2) is 0 Å². The van der Waals surface area contributed by atoms with Gasteiger partial charge >= 0.3 is 12.1 Å². The van der Waals surface area contributed by atoms with Crippen LogP contribution in [0.25, 0.3) is 11.1 Å². The van der Waals surface area contributed by atoms with Gasteiger partial charge in [-0.15, -0.1) is 0 Å². The molecule has 7 nitrogen and oxygen atoms in total. The number of aliphatic carboxylic acids is 1. The highest BCUT2D eigenvalue weighted by atomic mass is 16.5. The average molecular weight is 465 g/mol. The van der Waals surface area contributed by atoms with Crippen LogP contribution in [-0.4, -0.2) is 41.8 Å². The highest BCUT2D eigenvalue weighted by molar-refractivity contribution is 5.85. The maximum Gasteiger partial charge on any atom is 0.407 e. The van der Waals surface area contributed by atoms with Gasteiger partial charge in [0.25, 0.3) is 0 Å². The summed E-state index contributed by atoms with van der Waals surface area (Å²) in [5, 5.41) is 14.9. The summed E-state index contributed by atoms with van der Waals surface area (Å²) in [7, 11) is 0. The van der Waals surface area contributed by atoms with Crippen molar-refractivity contribution in [3.05, 3.63) is 59.7 Å². The molecule has 2 aromatic rings. The van der Waals surface area contributed by atoms with Crippen LogP contribution in [0.15, 0.2) is 48.5 Å². The third kappa shape index (κ3) is 5.24. The van der Waals surface area contributed by atoms with Gasteiger partial charge in [-0.2, -0.15) is 0 Å². The molecular weight excluding hydrogens is 432 g/mol. The third-order valence-corrected chi connectivity index (χ3v) is 6.96. The van der Waals surface area contributed by atoms with Gasteiger partial charge < -0.3 is 20.5 Å². The number of carboxylic acids is 1. The molecule has 3 N–H and O–H groups in total. The van der Waals surface area contributed by atoms with Crippen LogP contribution < -0.4 is 10.6 Å². The van der Waals surface area contributed by atoms with Crippen molar-refractivity contribution in [2.45, 2.75) is 63.5 Å². The maximum atomic E-state index is 12.5. The molecule has 180 valence electrons. The van der Waals surface area contributed by atoms with Gasteiger partial charge in [-0.25, -0.2) is 9.59 Å². The number of rotatable bonds is 8. The molecule has 2 aliphatic carbocycles. The van der Waals surface area contributed by atoms with Crippen molar-refractivity contribution < 1.29 is 24.2 Å². The molecule has 7 heteroatoms. The fourth-order valence-corrected chi connectivity index (χ4v) is 5.14.